The number of benzene rings is 1. The first-order valence-electron chi connectivity index (χ1n) is 7.99. The summed E-state index contributed by atoms with van der Waals surface area (Å²) < 4.78 is 15.6. The molecule has 122 valence electrons. The van der Waals surface area contributed by atoms with Gasteiger partial charge < -0.3 is 5.73 Å². The molecule has 1 atom stereocenters. The van der Waals surface area contributed by atoms with Crippen LogP contribution in [-0.2, 0) is 19.9 Å². The minimum Gasteiger partial charge on any atom is -0.368 e. The normalized spacial score (nSPS) is 16.8. The smallest absolute Gasteiger partial charge is 0.220 e. The van der Waals surface area contributed by atoms with Crippen molar-refractivity contribution in [1.82, 2.24) is 19.7 Å². The van der Waals surface area contributed by atoms with Crippen LogP contribution < -0.4 is 5.73 Å². The Morgan fingerprint density at radius 2 is 2.17 bits per heavy atom. The van der Waals surface area contributed by atoms with Gasteiger partial charge in [0.15, 0.2) is 0 Å². The standard InChI is InChI=1S/C18H18FN5/c1-24-10-13(9-22-24)16-7-14(19)4-5-15(16)11-2-3-12-8-21-18(20)23-17(12)6-11/h4-5,7-11H,2-3,6H2,1H3,(H2,20,21,23). The van der Waals surface area contributed by atoms with Gasteiger partial charge in [-0.2, -0.15) is 5.10 Å². The van der Waals surface area contributed by atoms with Crippen LogP contribution in [0.4, 0.5) is 10.3 Å². The van der Waals surface area contributed by atoms with E-state index in [1.165, 1.54) is 6.07 Å². The van der Waals surface area contributed by atoms with E-state index in [1.54, 1.807) is 16.9 Å². The van der Waals surface area contributed by atoms with Gasteiger partial charge in [0.2, 0.25) is 5.95 Å². The van der Waals surface area contributed by atoms with Crippen molar-refractivity contribution >= 4 is 5.95 Å². The summed E-state index contributed by atoms with van der Waals surface area (Å²) in [5.74, 6) is 0.351. The number of aryl methyl sites for hydroxylation is 2. The van der Waals surface area contributed by atoms with Crippen LogP contribution in [0.25, 0.3) is 11.1 Å². The van der Waals surface area contributed by atoms with Gasteiger partial charge >= 0.3 is 0 Å². The highest BCUT2D eigenvalue weighted by molar-refractivity contribution is 5.67. The van der Waals surface area contributed by atoms with E-state index in [9.17, 15) is 4.39 Å². The lowest BCUT2D eigenvalue weighted by Gasteiger charge is -2.25. The predicted molar refractivity (Wildman–Crippen MR) is 89.8 cm³/mol. The van der Waals surface area contributed by atoms with Crippen molar-refractivity contribution in [1.29, 1.82) is 0 Å². The number of nitrogens with zero attached hydrogens (tertiary/aromatic N) is 4. The van der Waals surface area contributed by atoms with Gasteiger partial charge in [0.05, 0.1) is 6.20 Å². The van der Waals surface area contributed by atoms with Crippen molar-refractivity contribution in [3.05, 3.63) is 59.4 Å². The third kappa shape index (κ3) is 2.64. The molecule has 0 spiro atoms. The van der Waals surface area contributed by atoms with Gasteiger partial charge in [-0.05, 0) is 54.0 Å². The molecule has 1 aromatic carbocycles. The Balaban J connectivity index is 1.75. The van der Waals surface area contributed by atoms with Crippen LogP contribution in [0, 0.1) is 5.82 Å². The molecule has 1 aliphatic rings. The van der Waals surface area contributed by atoms with Crippen molar-refractivity contribution in [3.63, 3.8) is 0 Å². The Morgan fingerprint density at radius 1 is 1.29 bits per heavy atom. The summed E-state index contributed by atoms with van der Waals surface area (Å²) >= 11 is 0. The lowest BCUT2D eigenvalue weighted by atomic mass is 9.80. The minimum absolute atomic E-state index is 0.236. The molecular formula is C18H18FN5. The quantitative estimate of drug-likeness (QED) is 0.787. The molecule has 2 heterocycles. The molecule has 4 rings (SSSR count). The molecule has 1 unspecified atom stereocenters. The fraction of sp³-hybridized carbons (Fsp3) is 0.278. The van der Waals surface area contributed by atoms with Gasteiger partial charge in [-0.3, -0.25) is 4.68 Å². The van der Waals surface area contributed by atoms with Gasteiger partial charge in [0.1, 0.15) is 5.82 Å². The van der Waals surface area contributed by atoms with E-state index in [4.69, 9.17) is 5.73 Å². The Bertz CT molecular complexity index is 902. The van der Waals surface area contributed by atoms with Crippen LogP contribution in [0.3, 0.4) is 0 Å². The second kappa shape index (κ2) is 5.70. The van der Waals surface area contributed by atoms with Crippen LogP contribution >= 0.6 is 0 Å². The second-order valence-corrected chi connectivity index (χ2v) is 6.27. The highest BCUT2D eigenvalue weighted by Gasteiger charge is 2.24. The van der Waals surface area contributed by atoms with Gasteiger partial charge in [0.25, 0.3) is 0 Å². The third-order valence-corrected chi connectivity index (χ3v) is 4.65. The Morgan fingerprint density at radius 3 is 2.96 bits per heavy atom. The molecule has 0 aliphatic heterocycles. The Hall–Kier alpha value is -2.76. The van der Waals surface area contributed by atoms with Gasteiger partial charge in [-0.25, -0.2) is 14.4 Å². The lowest BCUT2D eigenvalue weighted by Crippen LogP contribution is -2.16. The molecule has 2 N–H and O–H groups in total. The first-order valence-corrected chi connectivity index (χ1v) is 7.99. The minimum atomic E-state index is -0.236. The molecule has 0 amide bonds. The zero-order valence-electron chi connectivity index (χ0n) is 13.4. The van der Waals surface area contributed by atoms with Crippen LogP contribution in [0.1, 0.15) is 29.2 Å². The molecule has 0 saturated carbocycles. The average molecular weight is 323 g/mol. The molecule has 1 aliphatic carbocycles. The highest BCUT2D eigenvalue weighted by atomic mass is 19.1. The number of anilines is 1. The Kier molecular flexibility index (Phi) is 3.52. The lowest BCUT2D eigenvalue weighted by molar-refractivity contribution is 0.569. The second-order valence-electron chi connectivity index (χ2n) is 6.27. The van der Waals surface area contributed by atoms with Crippen LogP contribution in [0.2, 0.25) is 0 Å². The number of nitrogen functional groups attached to an aromatic ring is 1. The Labute approximate surface area is 139 Å². The summed E-state index contributed by atoms with van der Waals surface area (Å²) in [5.41, 5.74) is 10.8. The molecular weight excluding hydrogens is 305 g/mol. The van der Waals surface area contributed by atoms with Crippen LogP contribution in [0.5, 0.6) is 0 Å². The number of fused-ring (bicyclic) bond motifs is 1. The molecule has 0 fully saturated rings. The van der Waals surface area contributed by atoms with Crippen molar-refractivity contribution in [3.8, 4) is 11.1 Å². The van der Waals surface area contributed by atoms with Crippen molar-refractivity contribution in [2.45, 2.75) is 25.2 Å². The van der Waals surface area contributed by atoms with Crippen molar-refractivity contribution < 1.29 is 4.39 Å². The van der Waals surface area contributed by atoms with Gasteiger partial charge in [-0.15, -0.1) is 0 Å². The maximum absolute atomic E-state index is 13.8. The fourth-order valence-corrected chi connectivity index (χ4v) is 3.47. The van der Waals surface area contributed by atoms with Gasteiger partial charge in [-0.1, -0.05) is 6.07 Å². The molecule has 3 aromatic rings. The molecule has 0 bridgehead atoms. The zero-order valence-corrected chi connectivity index (χ0v) is 13.4. The molecule has 0 radical (unpaired) electrons. The summed E-state index contributed by atoms with van der Waals surface area (Å²) in [7, 11) is 1.86. The fourth-order valence-electron chi connectivity index (χ4n) is 3.47. The summed E-state index contributed by atoms with van der Waals surface area (Å²) in [5, 5.41) is 4.21. The first kappa shape index (κ1) is 14.8. The average Bonchev–Trinajstić information content (AvgIpc) is 3.00. The van der Waals surface area contributed by atoms with E-state index in [0.29, 0.717) is 5.95 Å². The van der Waals surface area contributed by atoms with Crippen LogP contribution in [-0.4, -0.2) is 19.7 Å². The van der Waals surface area contributed by atoms with E-state index in [0.717, 1.165) is 47.2 Å². The first-order chi connectivity index (χ1) is 11.6. The largest absolute Gasteiger partial charge is 0.368 e. The summed E-state index contributed by atoms with van der Waals surface area (Å²) in [6, 6.07) is 5.01. The molecule has 5 nitrogen and oxygen atoms in total. The molecule has 6 heteroatoms. The van der Waals surface area contributed by atoms with E-state index in [1.807, 2.05) is 25.5 Å². The SMILES string of the molecule is Cn1cc(-c2cc(F)ccc2C2CCc3cnc(N)nc3C2)cn1. The highest BCUT2D eigenvalue weighted by Crippen LogP contribution is 2.37. The molecule has 24 heavy (non-hydrogen) atoms. The number of rotatable bonds is 2. The number of hydrogen-bond donors (Lipinski definition) is 1. The molecule has 2 aromatic heterocycles. The topological polar surface area (TPSA) is 69.6 Å². The number of nitrogens with two attached hydrogens (primary N) is 1. The molecule has 0 saturated heterocycles. The van der Waals surface area contributed by atoms with Crippen molar-refractivity contribution in [2.24, 2.45) is 7.05 Å². The summed E-state index contributed by atoms with van der Waals surface area (Å²) in [6.07, 6.45) is 8.19. The number of aromatic nitrogens is 4. The summed E-state index contributed by atoms with van der Waals surface area (Å²) in [4.78, 5) is 8.47. The van der Waals surface area contributed by atoms with E-state index >= 15 is 0 Å². The number of hydrogen-bond acceptors (Lipinski definition) is 4. The van der Waals surface area contributed by atoms with Gasteiger partial charge in [0, 0.05) is 30.7 Å². The summed E-state index contributed by atoms with van der Waals surface area (Å²) in [6.45, 7) is 0. The van der Waals surface area contributed by atoms with E-state index in [2.05, 4.69) is 15.1 Å². The van der Waals surface area contributed by atoms with E-state index in [-0.39, 0.29) is 11.7 Å². The maximum atomic E-state index is 13.8. The zero-order chi connectivity index (χ0) is 16.7. The maximum Gasteiger partial charge on any atom is 0.220 e. The number of halogens is 1. The van der Waals surface area contributed by atoms with Crippen LogP contribution in [0.15, 0.2) is 36.8 Å². The monoisotopic (exact) mass is 323 g/mol. The van der Waals surface area contributed by atoms with E-state index < -0.39 is 0 Å². The predicted octanol–water partition coefficient (Wildman–Crippen LogP) is 2.87. The van der Waals surface area contributed by atoms with Crippen molar-refractivity contribution in [2.75, 3.05) is 5.73 Å². The third-order valence-electron chi connectivity index (χ3n) is 4.65.